The van der Waals surface area contributed by atoms with E-state index >= 15 is 0 Å². The Morgan fingerprint density at radius 3 is 2.90 bits per heavy atom. The highest BCUT2D eigenvalue weighted by Crippen LogP contribution is 2.30. The molecule has 0 radical (unpaired) electrons. The molecule has 0 aliphatic carbocycles. The third-order valence-electron chi connectivity index (χ3n) is 2.51. The van der Waals surface area contributed by atoms with Gasteiger partial charge in [0.05, 0.1) is 10.8 Å². The molecular formula is C13H14BrN3O2S. The quantitative estimate of drug-likeness (QED) is 0.834. The average molecular weight is 356 g/mol. The minimum absolute atomic E-state index is 0.0434. The number of nitrogens with zero attached hydrogens (tertiary/aromatic N) is 2. The van der Waals surface area contributed by atoms with Crippen molar-refractivity contribution in [1.82, 2.24) is 15.5 Å². The molecule has 0 aliphatic rings. The third kappa shape index (κ3) is 3.61. The number of hydrogen-bond acceptors (Lipinski definition) is 5. The molecule has 1 heterocycles. The molecule has 5 nitrogen and oxygen atoms in total. The second kappa shape index (κ2) is 6.90. The number of thioether (sulfide) groups is 1. The highest BCUT2D eigenvalue weighted by Gasteiger charge is 2.18. The summed E-state index contributed by atoms with van der Waals surface area (Å²) in [5.41, 5.74) is 0.831. The van der Waals surface area contributed by atoms with E-state index in [1.807, 2.05) is 31.2 Å². The molecule has 1 N–H and O–H groups in total. The first kappa shape index (κ1) is 15.1. The van der Waals surface area contributed by atoms with Crippen molar-refractivity contribution in [2.45, 2.75) is 24.3 Å². The van der Waals surface area contributed by atoms with Crippen molar-refractivity contribution >= 4 is 33.6 Å². The van der Waals surface area contributed by atoms with E-state index in [1.165, 1.54) is 11.8 Å². The summed E-state index contributed by atoms with van der Waals surface area (Å²) < 4.78 is 6.47. The molecule has 1 aromatic heterocycles. The van der Waals surface area contributed by atoms with E-state index in [2.05, 4.69) is 31.4 Å². The second-order valence-electron chi connectivity index (χ2n) is 4.01. The van der Waals surface area contributed by atoms with Gasteiger partial charge in [-0.3, -0.25) is 4.79 Å². The largest absolute Gasteiger partial charge is 0.411 e. The smallest absolute Gasteiger partial charge is 0.277 e. The van der Waals surface area contributed by atoms with Crippen molar-refractivity contribution in [2.75, 3.05) is 6.54 Å². The van der Waals surface area contributed by atoms with Crippen LogP contribution in [-0.2, 0) is 4.79 Å². The number of aromatic nitrogens is 2. The Balaban J connectivity index is 2.10. The second-order valence-corrected chi connectivity index (χ2v) is 6.15. The Hall–Kier alpha value is -1.34. The normalized spacial score (nSPS) is 12.2. The molecule has 0 fully saturated rings. The number of amides is 1. The van der Waals surface area contributed by atoms with E-state index in [0.29, 0.717) is 17.7 Å². The van der Waals surface area contributed by atoms with Gasteiger partial charge in [0.1, 0.15) is 0 Å². The van der Waals surface area contributed by atoms with Crippen LogP contribution in [0.2, 0.25) is 0 Å². The first-order valence-electron chi connectivity index (χ1n) is 6.14. The molecule has 1 aromatic carbocycles. The monoisotopic (exact) mass is 355 g/mol. The van der Waals surface area contributed by atoms with E-state index < -0.39 is 0 Å². The highest BCUT2D eigenvalue weighted by atomic mass is 79.9. The molecular weight excluding hydrogens is 342 g/mol. The maximum atomic E-state index is 11.6. The van der Waals surface area contributed by atoms with Gasteiger partial charge in [-0.15, -0.1) is 10.2 Å². The Kier molecular flexibility index (Phi) is 5.19. The van der Waals surface area contributed by atoms with Crippen molar-refractivity contribution in [3.05, 3.63) is 28.7 Å². The van der Waals surface area contributed by atoms with Gasteiger partial charge >= 0.3 is 0 Å². The van der Waals surface area contributed by atoms with Crippen LogP contribution < -0.4 is 5.32 Å². The summed E-state index contributed by atoms with van der Waals surface area (Å²) in [4.78, 5) is 11.6. The first-order valence-corrected chi connectivity index (χ1v) is 7.82. The maximum Gasteiger partial charge on any atom is 0.277 e. The van der Waals surface area contributed by atoms with E-state index in [1.54, 1.807) is 6.92 Å². The standard InChI is InChI=1S/C13H14BrN3O2S/c1-3-15-11(18)8(2)20-13-17-16-12(19-13)9-6-4-5-7-10(9)14/h4-8H,3H2,1-2H3,(H,15,18)/t8-/m1/s1. The predicted octanol–water partition coefficient (Wildman–Crippen LogP) is 3.12. The van der Waals surface area contributed by atoms with Crippen molar-refractivity contribution in [3.8, 4) is 11.5 Å². The molecule has 0 bridgehead atoms. The molecule has 7 heteroatoms. The lowest BCUT2D eigenvalue weighted by Gasteiger charge is -2.07. The lowest BCUT2D eigenvalue weighted by atomic mass is 10.2. The Morgan fingerprint density at radius 1 is 1.45 bits per heavy atom. The fourth-order valence-corrected chi connectivity index (χ4v) is 2.69. The third-order valence-corrected chi connectivity index (χ3v) is 4.13. The van der Waals surface area contributed by atoms with E-state index in [4.69, 9.17) is 4.42 Å². The molecule has 0 aliphatic heterocycles. The molecule has 20 heavy (non-hydrogen) atoms. The number of hydrogen-bond donors (Lipinski definition) is 1. The van der Waals surface area contributed by atoms with E-state index in [-0.39, 0.29) is 11.2 Å². The van der Waals surface area contributed by atoms with Crippen LogP contribution in [0.5, 0.6) is 0 Å². The van der Waals surface area contributed by atoms with Gasteiger partial charge in [-0.2, -0.15) is 0 Å². The van der Waals surface area contributed by atoms with Crippen LogP contribution in [0.3, 0.4) is 0 Å². The van der Waals surface area contributed by atoms with Crippen molar-refractivity contribution < 1.29 is 9.21 Å². The van der Waals surface area contributed by atoms with Crippen molar-refractivity contribution in [1.29, 1.82) is 0 Å². The molecule has 0 saturated carbocycles. The molecule has 1 amide bonds. The number of rotatable bonds is 5. The summed E-state index contributed by atoms with van der Waals surface area (Å²) in [5, 5.41) is 10.8. The van der Waals surface area contributed by atoms with Gasteiger partial charge in [0.25, 0.3) is 5.22 Å². The zero-order valence-electron chi connectivity index (χ0n) is 11.1. The topological polar surface area (TPSA) is 68.0 Å². The van der Waals surface area contributed by atoms with Crippen LogP contribution in [0.25, 0.3) is 11.5 Å². The van der Waals surface area contributed by atoms with Crippen LogP contribution in [-0.4, -0.2) is 27.9 Å². The van der Waals surface area contributed by atoms with E-state index in [0.717, 1.165) is 10.0 Å². The van der Waals surface area contributed by atoms with Crippen LogP contribution in [0.15, 0.2) is 38.4 Å². The van der Waals surface area contributed by atoms with Gasteiger partial charge in [0, 0.05) is 11.0 Å². The fourth-order valence-electron chi connectivity index (χ4n) is 1.52. The average Bonchev–Trinajstić information content (AvgIpc) is 2.87. The molecule has 2 aromatic rings. The summed E-state index contributed by atoms with van der Waals surface area (Å²) in [6.45, 7) is 4.29. The number of halogens is 1. The number of carbonyl (C=O) groups is 1. The van der Waals surface area contributed by atoms with Crippen LogP contribution in [0.4, 0.5) is 0 Å². The number of benzene rings is 1. The van der Waals surface area contributed by atoms with Crippen LogP contribution in [0.1, 0.15) is 13.8 Å². The molecule has 106 valence electrons. The van der Waals surface area contributed by atoms with Gasteiger partial charge in [-0.25, -0.2) is 0 Å². The van der Waals surface area contributed by atoms with Crippen molar-refractivity contribution in [2.24, 2.45) is 0 Å². The summed E-state index contributed by atoms with van der Waals surface area (Å²) >= 11 is 4.68. The summed E-state index contributed by atoms with van der Waals surface area (Å²) in [5.74, 6) is 0.390. The van der Waals surface area contributed by atoms with Crippen molar-refractivity contribution in [3.63, 3.8) is 0 Å². The summed E-state index contributed by atoms with van der Waals surface area (Å²) in [7, 11) is 0. The first-order chi connectivity index (χ1) is 9.61. The van der Waals surface area contributed by atoms with Gasteiger partial charge in [0.2, 0.25) is 11.8 Å². The minimum Gasteiger partial charge on any atom is -0.411 e. The lowest BCUT2D eigenvalue weighted by molar-refractivity contribution is -0.120. The van der Waals surface area contributed by atoms with Gasteiger partial charge in [-0.1, -0.05) is 23.9 Å². The molecule has 1 atom stereocenters. The molecule has 0 saturated heterocycles. The zero-order valence-corrected chi connectivity index (χ0v) is 13.5. The fraction of sp³-hybridized carbons (Fsp3) is 0.308. The Labute approximate surface area is 129 Å². The number of nitrogens with one attached hydrogen (secondary N) is 1. The molecule has 0 unspecified atom stereocenters. The number of carbonyl (C=O) groups excluding carboxylic acids is 1. The lowest BCUT2D eigenvalue weighted by Crippen LogP contribution is -2.30. The Bertz CT molecular complexity index is 603. The van der Waals surface area contributed by atoms with Gasteiger partial charge < -0.3 is 9.73 Å². The minimum atomic E-state index is -0.275. The zero-order chi connectivity index (χ0) is 14.5. The van der Waals surface area contributed by atoms with Crippen LogP contribution in [0, 0.1) is 0 Å². The molecule has 2 rings (SSSR count). The highest BCUT2D eigenvalue weighted by molar-refractivity contribution is 9.10. The Morgan fingerprint density at radius 2 is 2.20 bits per heavy atom. The molecule has 0 spiro atoms. The van der Waals surface area contributed by atoms with Gasteiger partial charge in [-0.05, 0) is 41.9 Å². The van der Waals surface area contributed by atoms with Crippen LogP contribution >= 0.6 is 27.7 Å². The predicted molar refractivity (Wildman–Crippen MR) is 81.4 cm³/mol. The summed E-state index contributed by atoms with van der Waals surface area (Å²) in [6.07, 6.45) is 0. The van der Waals surface area contributed by atoms with Gasteiger partial charge in [0.15, 0.2) is 0 Å². The summed E-state index contributed by atoms with van der Waals surface area (Å²) in [6, 6.07) is 7.61. The SMILES string of the molecule is CCNC(=O)[C@@H](C)Sc1nnc(-c2ccccc2Br)o1. The van der Waals surface area contributed by atoms with E-state index in [9.17, 15) is 4.79 Å². The maximum absolute atomic E-state index is 11.6.